The van der Waals surface area contributed by atoms with Crippen LogP contribution in [0, 0.1) is 0 Å². The summed E-state index contributed by atoms with van der Waals surface area (Å²) in [6, 6.07) is 4.98. The molecule has 0 saturated heterocycles. The summed E-state index contributed by atoms with van der Waals surface area (Å²) in [7, 11) is 0. The molecule has 1 saturated carbocycles. The molecule has 1 unspecified atom stereocenters. The molecular weight excluding hydrogens is 270 g/mol. The lowest BCUT2D eigenvalue weighted by molar-refractivity contribution is -0.140. The summed E-state index contributed by atoms with van der Waals surface area (Å²) in [6.45, 7) is 1.04. The molecule has 2 N–H and O–H groups in total. The molecule has 0 bridgehead atoms. The summed E-state index contributed by atoms with van der Waals surface area (Å²) < 4.78 is 11.0. The van der Waals surface area contributed by atoms with E-state index < -0.39 is 12.0 Å². The summed E-state index contributed by atoms with van der Waals surface area (Å²) in [5.41, 5.74) is 0.720. The maximum atomic E-state index is 11.6. The molecule has 1 aromatic carbocycles. The molecule has 0 amide bonds. The predicted molar refractivity (Wildman–Crippen MR) is 77.8 cm³/mol. The number of carboxylic acids is 1. The third-order valence-electron chi connectivity index (χ3n) is 4.15. The topological polar surface area (TPSA) is 67.8 Å². The highest BCUT2D eigenvalue weighted by molar-refractivity contribution is 5.76. The van der Waals surface area contributed by atoms with Gasteiger partial charge in [0.05, 0.1) is 0 Å². The Kier molecular flexibility index (Phi) is 4.29. The van der Waals surface area contributed by atoms with Crippen LogP contribution in [0.2, 0.25) is 0 Å². The standard InChI is InChI=1S/C16H21NO4/c18-16(19)15(17-12-4-2-1-3-5-12)11-6-7-13-14(10-11)21-9-8-20-13/h6-7,10,12,15,17H,1-5,8-9H2,(H,18,19). The molecular formula is C16H21NO4. The van der Waals surface area contributed by atoms with Crippen LogP contribution in [0.4, 0.5) is 0 Å². The van der Waals surface area contributed by atoms with Gasteiger partial charge in [0.25, 0.3) is 0 Å². The van der Waals surface area contributed by atoms with Gasteiger partial charge in [0.1, 0.15) is 19.3 Å². The van der Waals surface area contributed by atoms with Crippen molar-refractivity contribution < 1.29 is 19.4 Å². The Bertz CT molecular complexity index is 511. The molecule has 114 valence electrons. The highest BCUT2D eigenvalue weighted by atomic mass is 16.6. The van der Waals surface area contributed by atoms with Crippen molar-refractivity contribution in [3.63, 3.8) is 0 Å². The van der Waals surface area contributed by atoms with Gasteiger partial charge in [0.2, 0.25) is 0 Å². The number of ether oxygens (including phenoxy) is 2. The van der Waals surface area contributed by atoms with Gasteiger partial charge in [-0.2, -0.15) is 0 Å². The fourth-order valence-electron chi connectivity index (χ4n) is 3.05. The van der Waals surface area contributed by atoms with Crippen LogP contribution in [0.3, 0.4) is 0 Å². The van der Waals surface area contributed by atoms with Crippen LogP contribution < -0.4 is 14.8 Å². The van der Waals surface area contributed by atoms with Crippen LogP contribution in [0.25, 0.3) is 0 Å². The van der Waals surface area contributed by atoms with E-state index in [1.54, 1.807) is 12.1 Å². The van der Waals surface area contributed by atoms with E-state index in [-0.39, 0.29) is 6.04 Å². The molecule has 1 aliphatic heterocycles. The zero-order valence-corrected chi connectivity index (χ0v) is 12.0. The number of hydrogen-bond donors (Lipinski definition) is 2. The molecule has 5 heteroatoms. The van der Waals surface area contributed by atoms with Crippen LogP contribution in [0.5, 0.6) is 11.5 Å². The maximum absolute atomic E-state index is 11.6. The third-order valence-corrected chi connectivity index (χ3v) is 4.15. The van der Waals surface area contributed by atoms with Crippen molar-refractivity contribution in [2.45, 2.75) is 44.2 Å². The molecule has 5 nitrogen and oxygen atoms in total. The van der Waals surface area contributed by atoms with E-state index in [2.05, 4.69) is 5.32 Å². The fourth-order valence-corrected chi connectivity index (χ4v) is 3.05. The first kappa shape index (κ1) is 14.2. The molecule has 0 radical (unpaired) electrons. The Labute approximate surface area is 124 Å². The molecule has 1 heterocycles. The lowest BCUT2D eigenvalue weighted by Crippen LogP contribution is -2.38. The van der Waals surface area contributed by atoms with Crippen molar-refractivity contribution in [1.29, 1.82) is 0 Å². The van der Waals surface area contributed by atoms with Gasteiger partial charge < -0.3 is 14.6 Å². The van der Waals surface area contributed by atoms with Crippen molar-refractivity contribution in [1.82, 2.24) is 5.32 Å². The molecule has 3 rings (SSSR count). The molecule has 2 aliphatic rings. The van der Waals surface area contributed by atoms with E-state index in [1.165, 1.54) is 19.3 Å². The average molecular weight is 291 g/mol. The van der Waals surface area contributed by atoms with Crippen molar-refractivity contribution in [3.05, 3.63) is 23.8 Å². The maximum Gasteiger partial charge on any atom is 0.325 e. The second-order valence-electron chi connectivity index (χ2n) is 5.68. The lowest BCUT2D eigenvalue weighted by atomic mass is 9.94. The van der Waals surface area contributed by atoms with Gasteiger partial charge >= 0.3 is 5.97 Å². The number of fused-ring (bicyclic) bond motifs is 1. The van der Waals surface area contributed by atoms with Crippen molar-refractivity contribution in [2.24, 2.45) is 0 Å². The molecule has 1 fully saturated rings. The number of carbonyl (C=O) groups is 1. The Morgan fingerprint density at radius 2 is 1.86 bits per heavy atom. The van der Waals surface area contributed by atoms with Crippen LogP contribution >= 0.6 is 0 Å². The first-order chi connectivity index (χ1) is 10.2. The first-order valence-electron chi connectivity index (χ1n) is 7.62. The van der Waals surface area contributed by atoms with E-state index in [0.717, 1.165) is 18.4 Å². The number of aliphatic carboxylic acids is 1. The summed E-state index contributed by atoms with van der Waals surface area (Å²) in [6.07, 6.45) is 5.69. The monoisotopic (exact) mass is 291 g/mol. The van der Waals surface area contributed by atoms with Gasteiger partial charge in [-0.3, -0.25) is 10.1 Å². The Hall–Kier alpha value is -1.75. The number of hydrogen-bond acceptors (Lipinski definition) is 4. The number of benzene rings is 1. The zero-order valence-electron chi connectivity index (χ0n) is 12.0. The van der Waals surface area contributed by atoms with Gasteiger partial charge in [-0.1, -0.05) is 25.3 Å². The zero-order chi connectivity index (χ0) is 14.7. The van der Waals surface area contributed by atoms with E-state index in [4.69, 9.17) is 9.47 Å². The summed E-state index contributed by atoms with van der Waals surface area (Å²) in [4.78, 5) is 11.6. The molecule has 0 spiro atoms. The number of rotatable bonds is 4. The van der Waals surface area contributed by atoms with Gasteiger partial charge in [0, 0.05) is 6.04 Å². The van der Waals surface area contributed by atoms with Crippen LogP contribution in [-0.4, -0.2) is 30.3 Å². The van der Waals surface area contributed by atoms with E-state index in [1.807, 2.05) is 6.07 Å². The Morgan fingerprint density at radius 3 is 2.57 bits per heavy atom. The molecule has 0 aromatic heterocycles. The first-order valence-corrected chi connectivity index (χ1v) is 7.62. The number of carboxylic acid groups (broad SMARTS) is 1. The quantitative estimate of drug-likeness (QED) is 0.892. The fraction of sp³-hybridized carbons (Fsp3) is 0.562. The van der Waals surface area contributed by atoms with Gasteiger partial charge in [-0.05, 0) is 30.5 Å². The second-order valence-corrected chi connectivity index (χ2v) is 5.68. The summed E-state index contributed by atoms with van der Waals surface area (Å²) in [5, 5.41) is 12.8. The Balaban J connectivity index is 1.78. The summed E-state index contributed by atoms with van der Waals surface area (Å²) >= 11 is 0. The second kappa shape index (κ2) is 6.35. The highest BCUT2D eigenvalue weighted by Crippen LogP contribution is 2.33. The van der Waals surface area contributed by atoms with Crippen LogP contribution in [-0.2, 0) is 4.79 Å². The predicted octanol–water partition coefficient (Wildman–Crippen LogP) is 2.51. The lowest BCUT2D eigenvalue weighted by Gasteiger charge is -2.27. The van der Waals surface area contributed by atoms with Crippen molar-refractivity contribution in [2.75, 3.05) is 13.2 Å². The normalized spacial score (nSPS) is 20.0. The molecule has 1 aliphatic carbocycles. The third kappa shape index (κ3) is 3.29. The molecule has 1 atom stereocenters. The van der Waals surface area contributed by atoms with Gasteiger partial charge in [-0.15, -0.1) is 0 Å². The van der Waals surface area contributed by atoms with Gasteiger partial charge in [-0.25, -0.2) is 0 Å². The minimum atomic E-state index is -0.850. The smallest absolute Gasteiger partial charge is 0.325 e. The SMILES string of the molecule is O=C(O)C(NC1CCCCC1)c1ccc2c(c1)OCCO2. The summed E-state index contributed by atoms with van der Waals surface area (Å²) in [5.74, 6) is 0.472. The van der Waals surface area contributed by atoms with Crippen LogP contribution in [0.1, 0.15) is 43.7 Å². The van der Waals surface area contributed by atoms with Gasteiger partial charge in [0.15, 0.2) is 11.5 Å². The molecule has 21 heavy (non-hydrogen) atoms. The Morgan fingerprint density at radius 1 is 1.14 bits per heavy atom. The minimum Gasteiger partial charge on any atom is -0.486 e. The molecule has 1 aromatic rings. The average Bonchev–Trinajstić information content (AvgIpc) is 2.53. The van der Waals surface area contributed by atoms with Crippen LogP contribution in [0.15, 0.2) is 18.2 Å². The van der Waals surface area contributed by atoms with E-state index in [9.17, 15) is 9.90 Å². The van der Waals surface area contributed by atoms with Crippen molar-refractivity contribution in [3.8, 4) is 11.5 Å². The van der Waals surface area contributed by atoms with E-state index in [0.29, 0.717) is 24.7 Å². The van der Waals surface area contributed by atoms with Crippen molar-refractivity contribution >= 4 is 5.97 Å². The minimum absolute atomic E-state index is 0.285. The van der Waals surface area contributed by atoms with E-state index >= 15 is 0 Å². The highest BCUT2D eigenvalue weighted by Gasteiger charge is 2.26. The number of nitrogens with one attached hydrogen (secondary N) is 1. The largest absolute Gasteiger partial charge is 0.486 e.